The standard InChI is InChI=1S/C15H26N2OS/c1-3-17(12-14-5-4-10-18-14)9-8-16-11-15-7-6-13(2)19-15/h6-7,14,16H,3-5,8-12H2,1-2H3. The summed E-state index contributed by atoms with van der Waals surface area (Å²) in [6.45, 7) is 10.7. The van der Waals surface area contributed by atoms with Crippen molar-refractivity contribution in [2.45, 2.75) is 39.3 Å². The normalized spacial score (nSPS) is 19.4. The Morgan fingerprint density at radius 3 is 3.00 bits per heavy atom. The molecule has 19 heavy (non-hydrogen) atoms. The second-order valence-electron chi connectivity index (χ2n) is 5.22. The number of ether oxygens (including phenoxy) is 1. The number of thiophene rings is 1. The Labute approximate surface area is 121 Å². The second-order valence-corrected chi connectivity index (χ2v) is 6.59. The largest absolute Gasteiger partial charge is 0.377 e. The highest BCUT2D eigenvalue weighted by Gasteiger charge is 2.17. The van der Waals surface area contributed by atoms with E-state index in [1.807, 2.05) is 11.3 Å². The molecule has 108 valence electrons. The lowest BCUT2D eigenvalue weighted by Gasteiger charge is -2.23. The van der Waals surface area contributed by atoms with Crippen molar-refractivity contribution >= 4 is 11.3 Å². The Balaban J connectivity index is 1.60. The molecule has 1 saturated heterocycles. The smallest absolute Gasteiger partial charge is 0.0702 e. The van der Waals surface area contributed by atoms with E-state index < -0.39 is 0 Å². The van der Waals surface area contributed by atoms with E-state index in [0.29, 0.717) is 6.10 Å². The number of hydrogen-bond acceptors (Lipinski definition) is 4. The molecule has 4 heteroatoms. The van der Waals surface area contributed by atoms with E-state index in [4.69, 9.17) is 4.74 Å². The molecule has 1 N–H and O–H groups in total. The molecule has 1 fully saturated rings. The van der Waals surface area contributed by atoms with Crippen LogP contribution in [0.2, 0.25) is 0 Å². The summed E-state index contributed by atoms with van der Waals surface area (Å²) in [7, 11) is 0. The van der Waals surface area contributed by atoms with E-state index in [1.54, 1.807) is 0 Å². The zero-order chi connectivity index (χ0) is 13.5. The fourth-order valence-electron chi connectivity index (χ4n) is 2.48. The molecular weight excluding hydrogens is 256 g/mol. The van der Waals surface area contributed by atoms with Gasteiger partial charge in [-0.1, -0.05) is 6.92 Å². The topological polar surface area (TPSA) is 24.5 Å². The molecule has 0 aliphatic carbocycles. The first-order valence-electron chi connectivity index (χ1n) is 7.38. The molecule has 1 aliphatic rings. The van der Waals surface area contributed by atoms with Crippen LogP contribution in [-0.2, 0) is 11.3 Å². The monoisotopic (exact) mass is 282 g/mol. The second kappa shape index (κ2) is 8.00. The minimum atomic E-state index is 0.472. The van der Waals surface area contributed by atoms with Gasteiger partial charge in [-0.3, -0.25) is 4.90 Å². The van der Waals surface area contributed by atoms with Crippen LogP contribution in [-0.4, -0.2) is 43.8 Å². The number of hydrogen-bond donors (Lipinski definition) is 1. The lowest BCUT2D eigenvalue weighted by atomic mass is 10.2. The SMILES string of the molecule is CCN(CCNCc1ccc(C)s1)CC1CCCO1. The molecule has 0 amide bonds. The third-order valence-electron chi connectivity index (χ3n) is 3.63. The van der Waals surface area contributed by atoms with E-state index in [1.165, 1.54) is 22.6 Å². The Kier molecular flexibility index (Phi) is 6.31. The highest BCUT2D eigenvalue weighted by Crippen LogP contribution is 2.14. The summed E-state index contributed by atoms with van der Waals surface area (Å²) in [5, 5.41) is 3.53. The third kappa shape index (κ3) is 5.22. The predicted molar refractivity (Wildman–Crippen MR) is 81.9 cm³/mol. The lowest BCUT2D eigenvalue weighted by molar-refractivity contribution is 0.0751. The quantitative estimate of drug-likeness (QED) is 0.742. The molecule has 0 bridgehead atoms. The van der Waals surface area contributed by atoms with Crippen LogP contribution in [0.5, 0.6) is 0 Å². The maximum absolute atomic E-state index is 5.70. The van der Waals surface area contributed by atoms with Crippen LogP contribution < -0.4 is 5.32 Å². The van der Waals surface area contributed by atoms with Gasteiger partial charge in [-0.2, -0.15) is 0 Å². The van der Waals surface area contributed by atoms with Crippen LogP contribution in [0.4, 0.5) is 0 Å². The van der Waals surface area contributed by atoms with Gasteiger partial charge in [0.1, 0.15) is 0 Å². The van der Waals surface area contributed by atoms with Crippen molar-refractivity contribution in [3.05, 3.63) is 21.9 Å². The fourth-order valence-corrected chi connectivity index (χ4v) is 3.34. The van der Waals surface area contributed by atoms with Crippen molar-refractivity contribution in [1.29, 1.82) is 0 Å². The highest BCUT2D eigenvalue weighted by molar-refractivity contribution is 7.11. The number of rotatable bonds is 8. The average molecular weight is 282 g/mol. The van der Waals surface area contributed by atoms with Crippen LogP contribution in [0.25, 0.3) is 0 Å². The molecule has 2 heterocycles. The fraction of sp³-hybridized carbons (Fsp3) is 0.733. The van der Waals surface area contributed by atoms with Crippen LogP contribution >= 0.6 is 11.3 Å². The highest BCUT2D eigenvalue weighted by atomic mass is 32.1. The molecule has 0 spiro atoms. The first kappa shape index (κ1) is 15.0. The minimum Gasteiger partial charge on any atom is -0.377 e. The molecule has 1 unspecified atom stereocenters. The van der Waals surface area contributed by atoms with Gasteiger partial charge in [0.25, 0.3) is 0 Å². The van der Waals surface area contributed by atoms with Gasteiger partial charge in [-0.05, 0) is 38.4 Å². The van der Waals surface area contributed by atoms with Gasteiger partial charge in [-0.25, -0.2) is 0 Å². The Bertz CT molecular complexity index is 361. The van der Waals surface area contributed by atoms with E-state index in [-0.39, 0.29) is 0 Å². The molecule has 0 aromatic carbocycles. The summed E-state index contributed by atoms with van der Waals surface area (Å²) in [6.07, 6.45) is 2.94. The Morgan fingerprint density at radius 1 is 1.47 bits per heavy atom. The van der Waals surface area contributed by atoms with Crippen molar-refractivity contribution in [1.82, 2.24) is 10.2 Å². The van der Waals surface area contributed by atoms with Crippen molar-refractivity contribution in [3.8, 4) is 0 Å². The van der Waals surface area contributed by atoms with Crippen molar-refractivity contribution in [2.75, 3.05) is 32.8 Å². The number of likely N-dealkylation sites (N-methyl/N-ethyl adjacent to an activating group) is 1. The van der Waals surface area contributed by atoms with Gasteiger partial charge >= 0.3 is 0 Å². The molecule has 2 rings (SSSR count). The molecule has 3 nitrogen and oxygen atoms in total. The number of nitrogens with one attached hydrogen (secondary N) is 1. The third-order valence-corrected chi connectivity index (χ3v) is 4.63. The van der Waals surface area contributed by atoms with Gasteiger partial charge in [0.05, 0.1) is 6.10 Å². The molecule has 1 atom stereocenters. The zero-order valence-corrected chi connectivity index (χ0v) is 13.0. The van der Waals surface area contributed by atoms with Gasteiger partial charge < -0.3 is 10.1 Å². The number of nitrogens with zero attached hydrogens (tertiary/aromatic N) is 1. The minimum absolute atomic E-state index is 0.472. The summed E-state index contributed by atoms with van der Waals surface area (Å²) >= 11 is 1.88. The summed E-state index contributed by atoms with van der Waals surface area (Å²) in [6, 6.07) is 4.41. The van der Waals surface area contributed by atoms with Crippen molar-refractivity contribution in [3.63, 3.8) is 0 Å². The van der Waals surface area contributed by atoms with E-state index in [2.05, 4.69) is 36.2 Å². The maximum Gasteiger partial charge on any atom is 0.0702 e. The first-order valence-corrected chi connectivity index (χ1v) is 8.19. The van der Waals surface area contributed by atoms with Crippen LogP contribution in [0, 0.1) is 6.92 Å². The molecule has 1 aromatic heterocycles. The zero-order valence-electron chi connectivity index (χ0n) is 12.2. The molecule has 0 radical (unpaired) electrons. The number of aryl methyl sites for hydroxylation is 1. The van der Waals surface area contributed by atoms with Crippen LogP contribution in [0.15, 0.2) is 12.1 Å². The Morgan fingerprint density at radius 2 is 2.37 bits per heavy atom. The summed E-state index contributed by atoms with van der Waals surface area (Å²) < 4.78 is 5.70. The summed E-state index contributed by atoms with van der Waals surface area (Å²) in [5.41, 5.74) is 0. The Hall–Kier alpha value is -0.420. The maximum atomic E-state index is 5.70. The van der Waals surface area contributed by atoms with Crippen molar-refractivity contribution in [2.24, 2.45) is 0 Å². The molecular formula is C15H26N2OS. The molecule has 1 aromatic rings. The van der Waals surface area contributed by atoms with Gasteiger partial charge in [0.15, 0.2) is 0 Å². The van der Waals surface area contributed by atoms with Crippen LogP contribution in [0.3, 0.4) is 0 Å². The summed E-state index contributed by atoms with van der Waals surface area (Å²) in [4.78, 5) is 5.31. The van der Waals surface area contributed by atoms with Gasteiger partial charge in [0.2, 0.25) is 0 Å². The van der Waals surface area contributed by atoms with Crippen molar-refractivity contribution < 1.29 is 4.74 Å². The lowest BCUT2D eigenvalue weighted by Crippen LogP contribution is -2.37. The van der Waals surface area contributed by atoms with E-state index in [9.17, 15) is 0 Å². The first-order chi connectivity index (χ1) is 9.28. The molecule has 0 saturated carbocycles. The van der Waals surface area contributed by atoms with Gasteiger partial charge in [0, 0.05) is 42.5 Å². The predicted octanol–water partition coefficient (Wildman–Crippen LogP) is 2.65. The van der Waals surface area contributed by atoms with Gasteiger partial charge in [-0.15, -0.1) is 11.3 Å². The van der Waals surface area contributed by atoms with E-state index >= 15 is 0 Å². The molecule has 1 aliphatic heterocycles. The average Bonchev–Trinajstić information content (AvgIpc) is 3.05. The summed E-state index contributed by atoms with van der Waals surface area (Å²) in [5.74, 6) is 0. The van der Waals surface area contributed by atoms with Crippen LogP contribution in [0.1, 0.15) is 29.5 Å². The van der Waals surface area contributed by atoms with E-state index in [0.717, 1.165) is 39.3 Å².